The fourth-order valence-electron chi connectivity index (χ4n) is 5.06. The van der Waals surface area contributed by atoms with Crippen LogP contribution in [0.4, 0.5) is 5.69 Å². The third-order valence-corrected chi connectivity index (χ3v) is 8.21. The van der Waals surface area contributed by atoms with Gasteiger partial charge in [0.25, 0.3) is 5.91 Å². The van der Waals surface area contributed by atoms with Gasteiger partial charge >= 0.3 is 0 Å². The molecule has 3 aromatic carbocycles. The van der Waals surface area contributed by atoms with E-state index in [1.807, 2.05) is 68.4 Å². The van der Waals surface area contributed by atoms with Gasteiger partial charge in [0.1, 0.15) is 5.70 Å². The third kappa shape index (κ3) is 5.16. The van der Waals surface area contributed by atoms with E-state index in [0.717, 1.165) is 30.4 Å². The molecule has 0 bridgehead atoms. The summed E-state index contributed by atoms with van der Waals surface area (Å²) < 4.78 is 10.9. The SMILES string of the molecule is Cc1ccc(N2C(=O)/C(=C/c3ccc4c(c3)OCO4)N=C2SC(C)C(=O)NC2CCCc3ccccc32)cc1. The maximum absolute atomic E-state index is 13.6. The standard InChI is InChI=1S/C31H29N3O4S/c1-19-10-13-23(14-11-19)34-30(36)26(16-21-12-15-27-28(17-21)38-18-37-27)33-31(34)39-20(2)29(35)32-25-9-5-7-22-6-3-4-8-24(22)25/h3-4,6,8,10-17,20,25H,5,7,9,18H2,1-2H3,(H,32,35)/b26-16-. The molecule has 0 radical (unpaired) electrons. The molecular formula is C31H29N3O4S. The van der Waals surface area contributed by atoms with Crippen molar-refractivity contribution in [3.63, 3.8) is 0 Å². The Kier molecular flexibility index (Phi) is 6.87. The molecule has 2 atom stereocenters. The van der Waals surface area contributed by atoms with Crippen LogP contribution in [-0.4, -0.2) is 29.0 Å². The van der Waals surface area contributed by atoms with Gasteiger partial charge in [0.2, 0.25) is 12.7 Å². The predicted molar refractivity (Wildman–Crippen MR) is 154 cm³/mol. The molecule has 0 fully saturated rings. The molecule has 1 aliphatic carbocycles. The Labute approximate surface area is 231 Å². The summed E-state index contributed by atoms with van der Waals surface area (Å²) in [6.45, 7) is 4.04. The van der Waals surface area contributed by atoms with Gasteiger partial charge in [0.05, 0.1) is 17.0 Å². The average molecular weight is 540 g/mol. The van der Waals surface area contributed by atoms with Gasteiger partial charge in [-0.15, -0.1) is 0 Å². The Balaban J connectivity index is 1.25. The number of anilines is 1. The molecule has 198 valence electrons. The Hall–Kier alpha value is -4.04. The normalized spacial score (nSPS) is 19.6. The van der Waals surface area contributed by atoms with E-state index in [0.29, 0.717) is 28.1 Å². The average Bonchev–Trinajstić information content (AvgIpc) is 3.53. The van der Waals surface area contributed by atoms with Crippen molar-refractivity contribution in [2.75, 3.05) is 11.7 Å². The fraction of sp³-hybridized carbons (Fsp3) is 0.258. The number of carbonyl (C=O) groups is 2. The van der Waals surface area contributed by atoms with E-state index in [1.54, 1.807) is 11.0 Å². The molecule has 2 aliphatic heterocycles. The van der Waals surface area contributed by atoms with Gasteiger partial charge in [-0.1, -0.05) is 59.8 Å². The van der Waals surface area contributed by atoms with Gasteiger partial charge in [-0.25, -0.2) is 4.99 Å². The van der Waals surface area contributed by atoms with Crippen molar-refractivity contribution in [2.24, 2.45) is 4.99 Å². The molecule has 3 aliphatic rings. The summed E-state index contributed by atoms with van der Waals surface area (Å²) in [7, 11) is 0. The smallest absolute Gasteiger partial charge is 0.283 e. The lowest BCUT2D eigenvalue weighted by atomic mass is 9.88. The van der Waals surface area contributed by atoms with Gasteiger partial charge in [0.15, 0.2) is 16.7 Å². The number of thioether (sulfide) groups is 1. The molecular weight excluding hydrogens is 510 g/mol. The Morgan fingerprint density at radius 2 is 1.90 bits per heavy atom. The highest BCUT2D eigenvalue weighted by molar-refractivity contribution is 8.15. The molecule has 0 saturated heterocycles. The summed E-state index contributed by atoms with van der Waals surface area (Å²) in [5.41, 5.74) is 5.36. The number of hydrogen-bond donors (Lipinski definition) is 1. The van der Waals surface area contributed by atoms with Crippen molar-refractivity contribution in [2.45, 2.75) is 44.4 Å². The maximum Gasteiger partial charge on any atom is 0.283 e. The highest BCUT2D eigenvalue weighted by Crippen LogP contribution is 2.36. The first-order valence-corrected chi connectivity index (χ1v) is 14.0. The lowest BCUT2D eigenvalue weighted by Gasteiger charge is -2.27. The number of rotatable bonds is 5. The minimum atomic E-state index is -0.455. The highest BCUT2D eigenvalue weighted by atomic mass is 32.2. The topological polar surface area (TPSA) is 80.2 Å². The number of amidine groups is 1. The first-order valence-electron chi connectivity index (χ1n) is 13.1. The second-order valence-corrected chi connectivity index (χ2v) is 11.2. The number of benzene rings is 3. The Morgan fingerprint density at radius 3 is 2.74 bits per heavy atom. The van der Waals surface area contributed by atoms with Crippen LogP contribution in [0.5, 0.6) is 11.5 Å². The molecule has 1 N–H and O–H groups in total. The first-order chi connectivity index (χ1) is 19.0. The van der Waals surface area contributed by atoms with E-state index in [9.17, 15) is 9.59 Å². The number of fused-ring (bicyclic) bond motifs is 2. The monoisotopic (exact) mass is 539 g/mol. The fourth-order valence-corrected chi connectivity index (χ4v) is 6.00. The summed E-state index contributed by atoms with van der Waals surface area (Å²) >= 11 is 1.29. The Morgan fingerprint density at radius 1 is 1.10 bits per heavy atom. The molecule has 2 heterocycles. The van der Waals surface area contributed by atoms with Crippen LogP contribution in [0, 0.1) is 6.92 Å². The van der Waals surface area contributed by atoms with Crippen molar-refractivity contribution in [3.8, 4) is 11.5 Å². The summed E-state index contributed by atoms with van der Waals surface area (Å²) in [6, 6.07) is 21.5. The second-order valence-electron chi connectivity index (χ2n) is 9.93. The molecule has 3 aromatic rings. The summed E-state index contributed by atoms with van der Waals surface area (Å²) in [5.74, 6) is 0.997. The second kappa shape index (κ2) is 10.6. The van der Waals surface area contributed by atoms with Crippen molar-refractivity contribution in [1.82, 2.24) is 5.32 Å². The van der Waals surface area contributed by atoms with Gasteiger partial charge in [-0.2, -0.15) is 0 Å². The molecule has 0 saturated carbocycles. The summed E-state index contributed by atoms with van der Waals surface area (Å²) in [6.07, 6.45) is 4.73. The zero-order valence-corrected chi connectivity index (χ0v) is 22.7. The van der Waals surface area contributed by atoms with Crippen LogP contribution in [0.1, 0.15) is 48.1 Å². The van der Waals surface area contributed by atoms with Crippen molar-refractivity contribution < 1.29 is 19.1 Å². The number of ether oxygens (including phenoxy) is 2. The zero-order chi connectivity index (χ0) is 26.9. The minimum Gasteiger partial charge on any atom is -0.454 e. The molecule has 2 unspecified atom stereocenters. The van der Waals surface area contributed by atoms with E-state index in [2.05, 4.69) is 17.4 Å². The zero-order valence-electron chi connectivity index (χ0n) is 21.8. The lowest BCUT2D eigenvalue weighted by molar-refractivity contribution is -0.121. The van der Waals surface area contributed by atoms with Crippen molar-refractivity contribution in [1.29, 1.82) is 0 Å². The van der Waals surface area contributed by atoms with Crippen molar-refractivity contribution in [3.05, 3.63) is 94.7 Å². The van der Waals surface area contributed by atoms with Crippen LogP contribution in [0.3, 0.4) is 0 Å². The quantitative estimate of drug-likeness (QED) is 0.416. The number of nitrogens with one attached hydrogen (secondary N) is 1. The number of hydrogen-bond acceptors (Lipinski definition) is 6. The van der Waals surface area contributed by atoms with Crippen LogP contribution >= 0.6 is 11.8 Å². The number of carbonyl (C=O) groups excluding carboxylic acids is 2. The molecule has 7 nitrogen and oxygen atoms in total. The Bertz CT molecular complexity index is 1500. The van der Waals surface area contributed by atoms with Crippen LogP contribution < -0.4 is 19.7 Å². The third-order valence-electron chi connectivity index (χ3n) is 7.16. The van der Waals surface area contributed by atoms with Crippen LogP contribution in [-0.2, 0) is 16.0 Å². The molecule has 8 heteroatoms. The van der Waals surface area contributed by atoms with Crippen LogP contribution in [0.15, 0.2) is 77.4 Å². The van der Waals surface area contributed by atoms with Gasteiger partial charge in [-0.05, 0) is 80.1 Å². The van der Waals surface area contributed by atoms with E-state index in [1.165, 1.54) is 22.9 Å². The van der Waals surface area contributed by atoms with Gasteiger partial charge in [0, 0.05) is 0 Å². The van der Waals surface area contributed by atoms with Crippen LogP contribution in [0.2, 0.25) is 0 Å². The predicted octanol–water partition coefficient (Wildman–Crippen LogP) is 5.78. The van der Waals surface area contributed by atoms with Crippen LogP contribution in [0.25, 0.3) is 6.08 Å². The molecule has 6 rings (SSSR count). The molecule has 0 aromatic heterocycles. The van der Waals surface area contributed by atoms with Gasteiger partial charge in [-0.3, -0.25) is 14.5 Å². The lowest BCUT2D eigenvalue weighted by Crippen LogP contribution is -2.38. The van der Waals surface area contributed by atoms with Crippen molar-refractivity contribution >= 4 is 40.5 Å². The number of aliphatic imine (C=N–C) groups is 1. The molecule has 0 spiro atoms. The number of amides is 2. The van der Waals surface area contributed by atoms with E-state index >= 15 is 0 Å². The maximum atomic E-state index is 13.6. The first kappa shape index (κ1) is 25.2. The molecule has 39 heavy (non-hydrogen) atoms. The van der Waals surface area contributed by atoms with E-state index < -0.39 is 5.25 Å². The highest BCUT2D eigenvalue weighted by Gasteiger charge is 2.35. The number of aryl methyl sites for hydroxylation is 2. The van der Waals surface area contributed by atoms with Gasteiger partial charge < -0.3 is 14.8 Å². The van der Waals surface area contributed by atoms with E-state index in [4.69, 9.17) is 14.5 Å². The summed E-state index contributed by atoms with van der Waals surface area (Å²) in [4.78, 5) is 33.2. The molecule has 2 amide bonds. The summed E-state index contributed by atoms with van der Waals surface area (Å²) in [5, 5.41) is 3.26. The largest absolute Gasteiger partial charge is 0.454 e. The number of nitrogens with zero attached hydrogens (tertiary/aromatic N) is 2. The van der Waals surface area contributed by atoms with E-state index in [-0.39, 0.29) is 24.6 Å². The minimum absolute atomic E-state index is 0.00712.